The zero-order valence-corrected chi connectivity index (χ0v) is 10.4. The van der Waals surface area contributed by atoms with Crippen molar-refractivity contribution in [3.8, 4) is 0 Å². The molecular formula is C13H16BrN. The Kier molecular flexibility index (Phi) is 3.60. The van der Waals surface area contributed by atoms with Crippen LogP contribution in [0, 0.1) is 0 Å². The highest BCUT2D eigenvalue weighted by Crippen LogP contribution is 2.27. The van der Waals surface area contributed by atoms with Gasteiger partial charge >= 0.3 is 0 Å². The Labute approximate surface area is 99.9 Å². The van der Waals surface area contributed by atoms with Crippen LogP contribution in [-0.4, -0.2) is 24.5 Å². The molecule has 1 aliphatic heterocycles. The van der Waals surface area contributed by atoms with Gasteiger partial charge in [-0.1, -0.05) is 34.1 Å². The maximum absolute atomic E-state index is 3.79. The normalized spacial score (nSPS) is 21.8. The Morgan fingerprint density at radius 1 is 1.40 bits per heavy atom. The molecule has 1 aromatic rings. The Bertz CT molecular complexity index is 331. The monoisotopic (exact) mass is 265 g/mol. The fraction of sp³-hybridized carbons (Fsp3) is 0.385. The van der Waals surface area contributed by atoms with E-state index in [1.54, 1.807) is 0 Å². The highest BCUT2D eigenvalue weighted by atomic mass is 79.9. The van der Waals surface area contributed by atoms with Crippen molar-refractivity contribution in [3.05, 3.63) is 47.0 Å². The van der Waals surface area contributed by atoms with Crippen molar-refractivity contribution < 1.29 is 0 Å². The number of hydrogen-bond acceptors (Lipinski definition) is 1. The third kappa shape index (κ3) is 2.70. The molecule has 2 rings (SSSR count). The van der Waals surface area contributed by atoms with Crippen molar-refractivity contribution >= 4 is 15.9 Å². The fourth-order valence-corrected chi connectivity index (χ4v) is 2.45. The number of hydrogen-bond donors (Lipinski definition) is 0. The van der Waals surface area contributed by atoms with Crippen molar-refractivity contribution in [3.63, 3.8) is 0 Å². The van der Waals surface area contributed by atoms with Gasteiger partial charge in [0.1, 0.15) is 0 Å². The van der Waals surface area contributed by atoms with Crippen LogP contribution in [0.15, 0.2) is 41.4 Å². The summed E-state index contributed by atoms with van der Waals surface area (Å²) in [7, 11) is 0. The lowest BCUT2D eigenvalue weighted by molar-refractivity contribution is 0.372. The van der Waals surface area contributed by atoms with Gasteiger partial charge in [-0.15, -0.1) is 6.58 Å². The molecule has 1 heterocycles. The van der Waals surface area contributed by atoms with E-state index in [0.717, 1.165) is 11.0 Å². The van der Waals surface area contributed by atoms with Gasteiger partial charge in [-0.25, -0.2) is 0 Å². The molecule has 0 aromatic heterocycles. The Morgan fingerprint density at radius 2 is 2.13 bits per heavy atom. The minimum absolute atomic E-state index is 0.707. The van der Waals surface area contributed by atoms with Gasteiger partial charge in [0, 0.05) is 17.6 Å². The van der Waals surface area contributed by atoms with Crippen molar-refractivity contribution in [1.82, 2.24) is 4.90 Å². The molecule has 0 N–H and O–H groups in total. The molecule has 0 spiro atoms. The summed E-state index contributed by atoms with van der Waals surface area (Å²) in [5, 5.41) is 0. The summed E-state index contributed by atoms with van der Waals surface area (Å²) in [4.78, 5) is 2.46. The molecule has 0 radical (unpaired) electrons. The van der Waals surface area contributed by atoms with Crippen molar-refractivity contribution in [1.29, 1.82) is 0 Å². The molecule has 1 aromatic carbocycles. The largest absolute Gasteiger partial charge is 0.299 e. The van der Waals surface area contributed by atoms with Crippen LogP contribution in [-0.2, 0) is 0 Å². The van der Waals surface area contributed by atoms with Crippen LogP contribution in [0.25, 0.3) is 0 Å². The second-order valence-corrected chi connectivity index (χ2v) is 5.00. The van der Waals surface area contributed by atoms with Crippen LogP contribution in [0.3, 0.4) is 0 Å². The van der Waals surface area contributed by atoms with E-state index in [4.69, 9.17) is 0 Å². The standard InChI is InChI=1S/C13H16BrN/c1-2-8-15-9-7-12(10-15)11-3-5-13(14)6-4-11/h2-6,12H,1,7-10H2. The SMILES string of the molecule is C=CCN1CCC(c2ccc(Br)cc2)C1. The van der Waals surface area contributed by atoms with Gasteiger partial charge in [0.05, 0.1) is 0 Å². The maximum Gasteiger partial charge on any atom is 0.0175 e. The van der Waals surface area contributed by atoms with E-state index in [9.17, 15) is 0 Å². The lowest BCUT2D eigenvalue weighted by Crippen LogP contribution is -2.19. The molecular weight excluding hydrogens is 250 g/mol. The average Bonchev–Trinajstić information content (AvgIpc) is 2.68. The van der Waals surface area contributed by atoms with E-state index >= 15 is 0 Å². The molecule has 1 unspecified atom stereocenters. The van der Waals surface area contributed by atoms with E-state index in [2.05, 4.69) is 51.7 Å². The van der Waals surface area contributed by atoms with Crippen LogP contribution in [0.4, 0.5) is 0 Å². The predicted molar refractivity (Wildman–Crippen MR) is 68.1 cm³/mol. The molecule has 2 heteroatoms. The summed E-state index contributed by atoms with van der Waals surface area (Å²) in [6, 6.07) is 8.72. The zero-order valence-electron chi connectivity index (χ0n) is 8.82. The van der Waals surface area contributed by atoms with Gasteiger partial charge in [-0.2, -0.15) is 0 Å². The van der Waals surface area contributed by atoms with Crippen LogP contribution in [0.2, 0.25) is 0 Å². The average molecular weight is 266 g/mol. The van der Waals surface area contributed by atoms with E-state index in [-0.39, 0.29) is 0 Å². The zero-order chi connectivity index (χ0) is 10.7. The molecule has 1 fully saturated rings. The van der Waals surface area contributed by atoms with Gasteiger partial charge in [-0.3, -0.25) is 4.90 Å². The lowest BCUT2D eigenvalue weighted by atomic mass is 9.99. The van der Waals surface area contributed by atoms with Crippen LogP contribution >= 0.6 is 15.9 Å². The van der Waals surface area contributed by atoms with E-state index in [1.807, 2.05) is 6.08 Å². The van der Waals surface area contributed by atoms with Gasteiger partial charge in [0.25, 0.3) is 0 Å². The second kappa shape index (κ2) is 4.95. The number of benzene rings is 1. The summed E-state index contributed by atoms with van der Waals surface area (Å²) in [6.45, 7) is 7.18. The number of likely N-dealkylation sites (tertiary alicyclic amines) is 1. The molecule has 0 amide bonds. The first-order valence-electron chi connectivity index (χ1n) is 5.38. The van der Waals surface area contributed by atoms with Crippen molar-refractivity contribution in [2.75, 3.05) is 19.6 Å². The minimum Gasteiger partial charge on any atom is -0.299 e. The molecule has 1 aliphatic rings. The van der Waals surface area contributed by atoms with Crippen molar-refractivity contribution in [2.45, 2.75) is 12.3 Å². The van der Waals surface area contributed by atoms with Crippen LogP contribution in [0.1, 0.15) is 17.9 Å². The van der Waals surface area contributed by atoms with Crippen LogP contribution < -0.4 is 0 Å². The molecule has 1 atom stereocenters. The highest BCUT2D eigenvalue weighted by molar-refractivity contribution is 9.10. The Hall–Kier alpha value is -0.600. The molecule has 0 saturated carbocycles. The third-order valence-corrected chi connectivity index (χ3v) is 3.53. The lowest BCUT2D eigenvalue weighted by Gasteiger charge is -2.13. The number of nitrogens with zero attached hydrogens (tertiary/aromatic N) is 1. The Morgan fingerprint density at radius 3 is 2.80 bits per heavy atom. The summed E-state index contributed by atoms with van der Waals surface area (Å²) in [5.41, 5.74) is 1.46. The first-order valence-corrected chi connectivity index (χ1v) is 6.17. The predicted octanol–water partition coefficient (Wildman–Crippen LogP) is 3.42. The first-order chi connectivity index (χ1) is 7.29. The number of halogens is 1. The number of rotatable bonds is 3. The van der Waals surface area contributed by atoms with Gasteiger partial charge in [0.15, 0.2) is 0 Å². The third-order valence-electron chi connectivity index (χ3n) is 3.00. The van der Waals surface area contributed by atoms with E-state index < -0.39 is 0 Å². The van der Waals surface area contributed by atoms with Gasteiger partial charge in [0.2, 0.25) is 0 Å². The minimum atomic E-state index is 0.707. The summed E-state index contributed by atoms with van der Waals surface area (Å²) in [6.07, 6.45) is 3.26. The van der Waals surface area contributed by atoms with Crippen molar-refractivity contribution in [2.24, 2.45) is 0 Å². The summed E-state index contributed by atoms with van der Waals surface area (Å²) in [5.74, 6) is 0.707. The molecule has 0 bridgehead atoms. The smallest absolute Gasteiger partial charge is 0.0175 e. The fourth-order valence-electron chi connectivity index (χ4n) is 2.19. The molecule has 0 aliphatic carbocycles. The summed E-state index contributed by atoms with van der Waals surface area (Å²) >= 11 is 3.47. The topological polar surface area (TPSA) is 3.24 Å². The Balaban J connectivity index is 2.01. The molecule has 1 nitrogen and oxygen atoms in total. The maximum atomic E-state index is 3.79. The van der Waals surface area contributed by atoms with Gasteiger partial charge in [-0.05, 0) is 36.6 Å². The molecule has 15 heavy (non-hydrogen) atoms. The first kappa shape index (κ1) is 10.9. The summed E-state index contributed by atoms with van der Waals surface area (Å²) < 4.78 is 1.16. The van der Waals surface area contributed by atoms with E-state index in [0.29, 0.717) is 5.92 Å². The quantitative estimate of drug-likeness (QED) is 0.758. The molecule has 80 valence electrons. The second-order valence-electron chi connectivity index (χ2n) is 4.09. The molecule has 1 saturated heterocycles. The van der Waals surface area contributed by atoms with Crippen LogP contribution in [0.5, 0.6) is 0 Å². The van der Waals surface area contributed by atoms with E-state index in [1.165, 1.54) is 25.1 Å². The highest BCUT2D eigenvalue weighted by Gasteiger charge is 2.22. The van der Waals surface area contributed by atoms with Gasteiger partial charge < -0.3 is 0 Å².